The van der Waals surface area contributed by atoms with Crippen molar-refractivity contribution in [2.75, 3.05) is 5.32 Å². The zero-order valence-corrected chi connectivity index (χ0v) is 13.0. The lowest BCUT2D eigenvalue weighted by Gasteiger charge is -2.13. The smallest absolute Gasteiger partial charge is 0.123 e. The molecule has 0 unspecified atom stereocenters. The van der Waals surface area contributed by atoms with Crippen molar-refractivity contribution in [2.45, 2.75) is 26.4 Å². The molecule has 0 atom stereocenters. The van der Waals surface area contributed by atoms with E-state index < -0.39 is 0 Å². The molecule has 0 aliphatic rings. The minimum absolute atomic E-state index is 0.422. The highest BCUT2D eigenvalue weighted by molar-refractivity contribution is 7.13. The molecule has 0 aliphatic heterocycles. The van der Waals surface area contributed by atoms with Gasteiger partial charge in [0.2, 0.25) is 0 Å². The number of aromatic nitrogens is 3. The second kappa shape index (κ2) is 6.10. The molecular weight excluding hydrogens is 280 g/mol. The number of benzene rings is 1. The Kier molecular flexibility index (Phi) is 4.01. The number of thiazole rings is 1. The Hall–Kier alpha value is -2.14. The summed E-state index contributed by atoms with van der Waals surface area (Å²) in [5.41, 5.74) is 3.43. The van der Waals surface area contributed by atoms with E-state index in [4.69, 9.17) is 0 Å². The molecule has 3 aromatic rings. The summed E-state index contributed by atoms with van der Waals surface area (Å²) < 4.78 is 2.18. The van der Waals surface area contributed by atoms with E-state index >= 15 is 0 Å². The van der Waals surface area contributed by atoms with Crippen LogP contribution < -0.4 is 5.32 Å². The Bertz CT molecular complexity index is 701. The van der Waals surface area contributed by atoms with Gasteiger partial charge in [0.05, 0.1) is 18.6 Å². The Balaban J connectivity index is 1.74. The lowest BCUT2D eigenvalue weighted by molar-refractivity contribution is 0.577. The summed E-state index contributed by atoms with van der Waals surface area (Å²) in [5, 5.41) is 6.50. The van der Waals surface area contributed by atoms with Crippen LogP contribution in [0.2, 0.25) is 0 Å². The summed E-state index contributed by atoms with van der Waals surface area (Å²) in [7, 11) is 0. The van der Waals surface area contributed by atoms with E-state index in [-0.39, 0.29) is 0 Å². The van der Waals surface area contributed by atoms with Crippen molar-refractivity contribution in [1.29, 1.82) is 0 Å². The zero-order chi connectivity index (χ0) is 14.7. The Morgan fingerprint density at radius 1 is 1.33 bits per heavy atom. The number of nitrogens with one attached hydrogen (secondary N) is 1. The second-order valence-corrected chi connectivity index (χ2v) is 6.05. The summed E-state index contributed by atoms with van der Waals surface area (Å²) >= 11 is 1.65. The van der Waals surface area contributed by atoms with Crippen LogP contribution in [0, 0.1) is 0 Å². The molecule has 0 fully saturated rings. The molecule has 0 saturated heterocycles. The summed E-state index contributed by atoms with van der Waals surface area (Å²) in [6.45, 7) is 5.09. The lowest BCUT2D eigenvalue weighted by atomic mass is 10.2. The van der Waals surface area contributed by atoms with Gasteiger partial charge in [0.1, 0.15) is 5.01 Å². The summed E-state index contributed by atoms with van der Waals surface area (Å²) in [5.74, 6) is 0. The molecule has 3 rings (SSSR count). The van der Waals surface area contributed by atoms with Gasteiger partial charge in [-0.25, -0.2) is 9.97 Å². The van der Waals surface area contributed by atoms with E-state index in [1.807, 2.05) is 24.1 Å². The third kappa shape index (κ3) is 3.13. The number of hydrogen-bond acceptors (Lipinski definition) is 4. The van der Waals surface area contributed by atoms with Gasteiger partial charge in [0, 0.05) is 35.1 Å². The molecule has 1 N–H and O–H groups in total. The van der Waals surface area contributed by atoms with Crippen molar-refractivity contribution in [3.63, 3.8) is 0 Å². The van der Waals surface area contributed by atoms with Crippen LogP contribution >= 0.6 is 11.3 Å². The van der Waals surface area contributed by atoms with Crippen LogP contribution in [0.25, 0.3) is 10.6 Å². The van der Waals surface area contributed by atoms with Gasteiger partial charge >= 0.3 is 0 Å². The van der Waals surface area contributed by atoms with Gasteiger partial charge in [-0.2, -0.15) is 0 Å². The molecule has 0 aliphatic carbocycles. The molecular formula is C16H18N4S. The first kappa shape index (κ1) is 13.8. The maximum absolute atomic E-state index is 4.35. The van der Waals surface area contributed by atoms with Crippen LogP contribution in [-0.2, 0) is 6.54 Å². The monoisotopic (exact) mass is 298 g/mol. The molecule has 5 heteroatoms. The van der Waals surface area contributed by atoms with Crippen LogP contribution in [0.3, 0.4) is 0 Å². The van der Waals surface area contributed by atoms with Crippen molar-refractivity contribution in [1.82, 2.24) is 14.5 Å². The SMILES string of the molecule is CC(C)n1cncc1CNc1cccc(-c2nccs2)c1. The molecule has 0 radical (unpaired) electrons. The molecule has 108 valence electrons. The molecule has 0 spiro atoms. The van der Waals surface area contributed by atoms with Gasteiger partial charge in [-0.1, -0.05) is 12.1 Å². The van der Waals surface area contributed by atoms with E-state index in [2.05, 4.69) is 58.0 Å². The first-order chi connectivity index (χ1) is 10.2. The molecule has 0 amide bonds. The minimum atomic E-state index is 0.422. The van der Waals surface area contributed by atoms with Gasteiger partial charge in [0.15, 0.2) is 0 Å². The van der Waals surface area contributed by atoms with Crippen molar-refractivity contribution in [3.05, 3.63) is 54.1 Å². The normalized spacial score (nSPS) is 11.0. The topological polar surface area (TPSA) is 42.7 Å². The van der Waals surface area contributed by atoms with E-state index in [0.29, 0.717) is 6.04 Å². The number of nitrogens with zero attached hydrogens (tertiary/aromatic N) is 3. The Morgan fingerprint density at radius 2 is 2.24 bits per heavy atom. The van der Waals surface area contributed by atoms with E-state index in [0.717, 1.165) is 22.8 Å². The van der Waals surface area contributed by atoms with Crippen LogP contribution in [0.1, 0.15) is 25.6 Å². The average molecular weight is 298 g/mol. The largest absolute Gasteiger partial charge is 0.379 e. The standard InChI is InChI=1S/C16H18N4S/c1-12(2)20-11-17-9-15(20)10-19-14-5-3-4-13(8-14)16-18-6-7-21-16/h3-9,11-12,19H,10H2,1-2H3. The predicted octanol–water partition coefficient (Wildman–Crippen LogP) is 4.20. The first-order valence-corrected chi connectivity index (χ1v) is 7.86. The molecule has 0 bridgehead atoms. The molecule has 21 heavy (non-hydrogen) atoms. The molecule has 2 heterocycles. The van der Waals surface area contributed by atoms with Gasteiger partial charge in [-0.05, 0) is 26.0 Å². The van der Waals surface area contributed by atoms with E-state index in [1.165, 1.54) is 5.69 Å². The van der Waals surface area contributed by atoms with Gasteiger partial charge in [-0.3, -0.25) is 0 Å². The molecule has 1 aromatic carbocycles. The molecule has 4 nitrogen and oxygen atoms in total. The third-order valence-electron chi connectivity index (χ3n) is 3.32. The Morgan fingerprint density at radius 3 is 3.00 bits per heavy atom. The van der Waals surface area contributed by atoms with E-state index in [1.54, 1.807) is 11.3 Å². The fraction of sp³-hybridized carbons (Fsp3) is 0.250. The second-order valence-electron chi connectivity index (χ2n) is 5.16. The molecule has 2 aromatic heterocycles. The van der Waals surface area contributed by atoms with Gasteiger partial charge in [-0.15, -0.1) is 11.3 Å². The van der Waals surface area contributed by atoms with Crippen LogP contribution in [0.4, 0.5) is 5.69 Å². The number of imidazole rings is 1. The average Bonchev–Trinajstić information content (AvgIpc) is 3.16. The van der Waals surface area contributed by atoms with Crippen LogP contribution in [0.5, 0.6) is 0 Å². The zero-order valence-electron chi connectivity index (χ0n) is 12.2. The number of hydrogen-bond donors (Lipinski definition) is 1. The Labute approximate surface area is 128 Å². The number of anilines is 1. The van der Waals surface area contributed by atoms with Crippen molar-refractivity contribution < 1.29 is 0 Å². The summed E-state index contributed by atoms with van der Waals surface area (Å²) in [4.78, 5) is 8.58. The minimum Gasteiger partial charge on any atom is -0.379 e. The predicted molar refractivity (Wildman–Crippen MR) is 87.5 cm³/mol. The van der Waals surface area contributed by atoms with Crippen LogP contribution in [-0.4, -0.2) is 14.5 Å². The van der Waals surface area contributed by atoms with Crippen molar-refractivity contribution in [3.8, 4) is 10.6 Å². The van der Waals surface area contributed by atoms with Crippen molar-refractivity contribution >= 4 is 17.0 Å². The van der Waals surface area contributed by atoms with Gasteiger partial charge in [0.25, 0.3) is 0 Å². The van der Waals surface area contributed by atoms with Crippen molar-refractivity contribution in [2.24, 2.45) is 0 Å². The highest BCUT2D eigenvalue weighted by Crippen LogP contribution is 2.24. The van der Waals surface area contributed by atoms with E-state index in [9.17, 15) is 0 Å². The highest BCUT2D eigenvalue weighted by atomic mass is 32.1. The van der Waals surface area contributed by atoms with Gasteiger partial charge < -0.3 is 9.88 Å². The lowest BCUT2D eigenvalue weighted by Crippen LogP contribution is -2.08. The maximum atomic E-state index is 4.35. The highest BCUT2D eigenvalue weighted by Gasteiger charge is 2.06. The molecule has 0 saturated carbocycles. The maximum Gasteiger partial charge on any atom is 0.123 e. The number of rotatable bonds is 5. The third-order valence-corrected chi connectivity index (χ3v) is 4.14. The summed E-state index contributed by atoms with van der Waals surface area (Å²) in [6.07, 6.45) is 5.63. The first-order valence-electron chi connectivity index (χ1n) is 6.98. The fourth-order valence-corrected chi connectivity index (χ4v) is 2.89. The fourth-order valence-electron chi connectivity index (χ4n) is 2.25. The summed E-state index contributed by atoms with van der Waals surface area (Å²) in [6, 6.07) is 8.77. The quantitative estimate of drug-likeness (QED) is 0.767. The van der Waals surface area contributed by atoms with Crippen LogP contribution in [0.15, 0.2) is 48.4 Å².